The van der Waals surface area contributed by atoms with E-state index in [1.54, 1.807) is 0 Å². The molecule has 2 rings (SSSR count). The van der Waals surface area contributed by atoms with Crippen molar-refractivity contribution in [3.05, 3.63) is 24.3 Å². The summed E-state index contributed by atoms with van der Waals surface area (Å²) >= 11 is 6.20. The first-order valence-corrected chi connectivity index (χ1v) is 8.18. The Labute approximate surface area is 117 Å². The zero-order valence-corrected chi connectivity index (χ0v) is 11.9. The molecule has 7 heteroatoms. The summed E-state index contributed by atoms with van der Waals surface area (Å²) in [5.41, 5.74) is 0. The van der Waals surface area contributed by atoms with Crippen LogP contribution in [0.25, 0.3) is 0 Å². The highest BCUT2D eigenvalue weighted by Crippen LogP contribution is 2.23. The molecule has 0 radical (unpaired) electrons. The van der Waals surface area contributed by atoms with Gasteiger partial charge in [-0.05, 0) is 18.9 Å². The molecule has 0 aliphatic heterocycles. The van der Waals surface area contributed by atoms with Crippen LogP contribution >= 0.6 is 11.6 Å². The third kappa shape index (κ3) is 3.87. The second kappa shape index (κ2) is 6.15. The molecule has 0 bridgehead atoms. The van der Waals surface area contributed by atoms with Crippen molar-refractivity contribution in [2.24, 2.45) is 0 Å². The quantitative estimate of drug-likeness (QED) is 0.689. The van der Waals surface area contributed by atoms with Gasteiger partial charge in [0.15, 0.2) is 0 Å². The van der Waals surface area contributed by atoms with Gasteiger partial charge in [0.05, 0.1) is 6.20 Å². The van der Waals surface area contributed by atoms with Gasteiger partial charge in [-0.2, -0.15) is 0 Å². The summed E-state index contributed by atoms with van der Waals surface area (Å²) in [5, 5.41) is -0.223. The third-order valence-electron chi connectivity index (χ3n) is 3.23. The van der Waals surface area contributed by atoms with Crippen molar-refractivity contribution in [1.29, 1.82) is 0 Å². The van der Waals surface area contributed by atoms with Crippen molar-refractivity contribution in [1.82, 2.24) is 9.71 Å². The minimum Gasteiger partial charge on any atom is -0.260 e. The van der Waals surface area contributed by atoms with Gasteiger partial charge in [0, 0.05) is 17.6 Å². The topological polar surface area (TPSA) is 59.1 Å². The number of hydrogen-bond acceptors (Lipinski definition) is 3. The van der Waals surface area contributed by atoms with Crippen LogP contribution in [0, 0.1) is 5.82 Å². The number of nitrogens with one attached hydrogen (secondary N) is 1. The van der Waals surface area contributed by atoms with Crippen LogP contribution in [0.1, 0.15) is 32.1 Å². The lowest BCUT2D eigenvalue weighted by atomic mass is 10.1. The second-order valence-electron chi connectivity index (χ2n) is 4.72. The van der Waals surface area contributed by atoms with E-state index >= 15 is 0 Å². The molecule has 0 aromatic carbocycles. The number of aromatic nitrogens is 1. The molecule has 19 heavy (non-hydrogen) atoms. The molecular weight excluding hydrogens is 291 g/mol. The summed E-state index contributed by atoms with van der Waals surface area (Å²) in [6, 6.07) is 0.646. The summed E-state index contributed by atoms with van der Waals surface area (Å²) in [4.78, 5) is 3.39. The second-order valence-corrected chi connectivity index (χ2v) is 7.00. The number of alkyl halides is 1. The SMILES string of the molecule is O=S(=O)(NC1CCCCCC1Cl)c1cncc(F)c1. The van der Waals surface area contributed by atoms with Gasteiger partial charge < -0.3 is 0 Å². The lowest BCUT2D eigenvalue weighted by Crippen LogP contribution is -2.40. The summed E-state index contributed by atoms with van der Waals surface area (Å²) in [7, 11) is -3.77. The number of rotatable bonds is 3. The molecular formula is C12H16ClFN2O2S. The molecule has 1 aromatic heterocycles. The lowest BCUT2D eigenvalue weighted by molar-refractivity contribution is 0.513. The van der Waals surface area contributed by atoms with E-state index in [-0.39, 0.29) is 16.3 Å². The molecule has 1 fully saturated rings. The van der Waals surface area contributed by atoms with Gasteiger partial charge in [-0.1, -0.05) is 19.3 Å². The first-order chi connectivity index (χ1) is 8.99. The maximum atomic E-state index is 13.0. The van der Waals surface area contributed by atoms with E-state index in [2.05, 4.69) is 9.71 Å². The van der Waals surface area contributed by atoms with Crippen LogP contribution in [-0.2, 0) is 10.0 Å². The monoisotopic (exact) mass is 306 g/mol. The molecule has 1 aliphatic rings. The molecule has 0 saturated heterocycles. The van der Waals surface area contributed by atoms with Crippen LogP contribution in [0.15, 0.2) is 23.4 Å². The Kier molecular flexibility index (Phi) is 4.76. The molecule has 1 saturated carbocycles. The van der Waals surface area contributed by atoms with Gasteiger partial charge in [-0.15, -0.1) is 11.6 Å². The Morgan fingerprint density at radius 2 is 2.00 bits per heavy atom. The molecule has 106 valence electrons. The average molecular weight is 307 g/mol. The number of halogens is 2. The highest BCUT2D eigenvalue weighted by atomic mass is 35.5. The zero-order chi connectivity index (χ0) is 13.9. The number of nitrogens with zero attached hydrogens (tertiary/aromatic N) is 1. The molecule has 0 amide bonds. The predicted octanol–water partition coefficient (Wildman–Crippen LogP) is 2.44. The Balaban J connectivity index is 2.16. The third-order valence-corrected chi connectivity index (χ3v) is 5.21. The Bertz CT molecular complexity index is 538. The van der Waals surface area contributed by atoms with Crippen LogP contribution in [0.5, 0.6) is 0 Å². The smallest absolute Gasteiger partial charge is 0.242 e. The summed E-state index contributed by atoms with van der Waals surface area (Å²) in [6.45, 7) is 0. The molecule has 1 N–H and O–H groups in total. The number of sulfonamides is 1. The fourth-order valence-electron chi connectivity index (χ4n) is 2.20. The van der Waals surface area contributed by atoms with Crippen LogP contribution in [-0.4, -0.2) is 24.8 Å². The fraction of sp³-hybridized carbons (Fsp3) is 0.583. The van der Waals surface area contributed by atoms with Crippen molar-refractivity contribution < 1.29 is 12.8 Å². The maximum absolute atomic E-state index is 13.0. The maximum Gasteiger partial charge on any atom is 0.242 e. The van der Waals surface area contributed by atoms with Crippen molar-refractivity contribution in [2.75, 3.05) is 0 Å². The standard InChI is InChI=1S/C12H16ClFN2O2S/c13-11-4-2-1-3-5-12(11)16-19(17,18)10-6-9(14)7-15-8-10/h6-8,11-12,16H,1-5H2. The average Bonchev–Trinajstić information content (AvgIpc) is 2.55. The van der Waals surface area contributed by atoms with Crippen molar-refractivity contribution in [3.63, 3.8) is 0 Å². The summed E-state index contributed by atoms with van der Waals surface area (Å²) in [6.07, 6.45) is 6.60. The largest absolute Gasteiger partial charge is 0.260 e. The van der Waals surface area contributed by atoms with Gasteiger partial charge >= 0.3 is 0 Å². The zero-order valence-electron chi connectivity index (χ0n) is 10.4. The van der Waals surface area contributed by atoms with Crippen LogP contribution in [0.4, 0.5) is 4.39 Å². The van der Waals surface area contributed by atoms with E-state index in [4.69, 9.17) is 11.6 Å². The van der Waals surface area contributed by atoms with Gasteiger partial charge in [-0.25, -0.2) is 17.5 Å². The minimum absolute atomic E-state index is 0.166. The summed E-state index contributed by atoms with van der Waals surface area (Å²) < 4.78 is 39.9. The molecule has 2 atom stereocenters. The van der Waals surface area contributed by atoms with E-state index < -0.39 is 15.8 Å². The van der Waals surface area contributed by atoms with Gasteiger partial charge in [0.1, 0.15) is 10.7 Å². The van der Waals surface area contributed by atoms with Crippen molar-refractivity contribution in [3.8, 4) is 0 Å². The van der Waals surface area contributed by atoms with Crippen LogP contribution < -0.4 is 4.72 Å². The highest BCUT2D eigenvalue weighted by molar-refractivity contribution is 7.89. The molecule has 1 aromatic rings. The Morgan fingerprint density at radius 3 is 2.74 bits per heavy atom. The van der Waals surface area contributed by atoms with E-state index in [1.807, 2.05) is 0 Å². The Morgan fingerprint density at radius 1 is 1.26 bits per heavy atom. The molecule has 4 nitrogen and oxygen atoms in total. The Hall–Kier alpha value is -0.720. The van der Waals surface area contributed by atoms with Gasteiger partial charge in [-0.3, -0.25) is 4.98 Å². The van der Waals surface area contributed by atoms with E-state index in [0.29, 0.717) is 6.42 Å². The molecule has 0 spiro atoms. The number of hydrogen-bond donors (Lipinski definition) is 1. The first kappa shape index (κ1) is 14.7. The molecule has 2 unspecified atom stereocenters. The molecule has 1 heterocycles. The fourth-order valence-corrected chi connectivity index (χ4v) is 3.90. The molecule has 1 aliphatic carbocycles. The predicted molar refractivity (Wildman–Crippen MR) is 71.0 cm³/mol. The van der Waals surface area contributed by atoms with Gasteiger partial charge in [0.25, 0.3) is 0 Å². The van der Waals surface area contributed by atoms with E-state index in [0.717, 1.165) is 44.1 Å². The number of pyridine rings is 1. The van der Waals surface area contributed by atoms with Crippen LogP contribution in [0.2, 0.25) is 0 Å². The van der Waals surface area contributed by atoms with Gasteiger partial charge in [0.2, 0.25) is 10.0 Å². The van der Waals surface area contributed by atoms with Crippen molar-refractivity contribution in [2.45, 2.75) is 48.4 Å². The minimum atomic E-state index is -3.77. The lowest BCUT2D eigenvalue weighted by Gasteiger charge is -2.20. The van der Waals surface area contributed by atoms with E-state index in [9.17, 15) is 12.8 Å². The normalized spacial score (nSPS) is 24.9. The first-order valence-electron chi connectivity index (χ1n) is 6.26. The van der Waals surface area contributed by atoms with Crippen LogP contribution in [0.3, 0.4) is 0 Å². The van der Waals surface area contributed by atoms with Crippen molar-refractivity contribution >= 4 is 21.6 Å². The van der Waals surface area contributed by atoms with E-state index in [1.165, 1.54) is 0 Å². The highest BCUT2D eigenvalue weighted by Gasteiger charge is 2.27. The summed E-state index contributed by atoms with van der Waals surface area (Å²) in [5.74, 6) is -0.675.